The fourth-order valence-corrected chi connectivity index (χ4v) is 3.68. The SMILES string of the molecule is CC1CC(C)CN(C(=O)c2snc(C(=O)NC(C)C)c2N)C1. The van der Waals surface area contributed by atoms with Crippen LogP contribution < -0.4 is 11.1 Å². The van der Waals surface area contributed by atoms with Crippen LogP contribution in [0, 0.1) is 11.8 Å². The first-order valence-electron chi connectivity index (χ1n) is 7.64. The van der Waals surface area contributed by atoms with Gasteiger partial charge >= 0.3 is 0 Å². The van der Waals surface area contributed by atoms with E-state index in [2.05, 4.69) is 23.5 Å². The lowest BCUT2D eigenvalue weighted by Gasteiger charge is -2.34. The molecule has 122 valence electrons. The number of hydrogen-bond acceptors (Lipinski definition) is 5. The second-order valence-corrected chi connectivity index (χ2v) is 7.33. The zero-order valence-corrected chi connectivity index (χ0v) is 14.4. The second-order valence-electron chi connectivity index (χ2n) is 6.56. The Morgan fingerprint density at radius 2 is 1.91 bits per heavy atom. The van der Waals surface area contributed by atoms with Gasteiger partial charge in [0, 0.05) is 19.1 Å². The van der Waals surface area contributed by atoms with Crippen molar-refractivity contribution in [1.82, 2.24) is 14.6 Å². The standard InChI is InChI=1S/C15H24N4O2S/c1-8(2)17-14(20)12-11(16)13(22-18-12)15(21)19-6-9(3)5-10(4)7-19/h8-10H,5-7,16H2,1-4H3,(H,17,20). The normalized spacial score (nSPS) is 22.0. The summed E-state index contributed by atoms with van der Waals surface area (Å²) in [5, 5.41) is 2.75. The molecule has 1 aromatic rings. The number of hydrogen-bond donors (Lipinski definition) is 2. The summed E-state index contributed by atoms with van der Waals surface area (Å²) in [6.45, 7) is 9.48. The van der Waals surface area contributed by atoms with E-state index in [1.807, 2.05) is 18.7 Å². The minimum atomic E-state index is -0.330. The molecule has 1 fully saturated rings. The maximum Gasteiger partial charge on any atom is 0.273 e. The van der Waals surface area contributed by atoms with E-state index in [0.29, 0.717) is 16.7 Å². The minimum Gasteiger partial charge on any atom is -0.395 e. The third-order valence-electron chi connectivity index (χ3n) is 3.71. The molecule has 0 bridgehead atoms. The van der Waals surface area contributed by atoms with Gasteiger partial charge in [0.15, 0.2) is 5.69 Å². The number of carbonyl (C=O) groups excluding carboxylic acids is 2. The summed E-state index contributed by atoms with van der Waals surface area (Å²) in [5.41, 5.74) is 6.34. The molecular formula is C15H24N4O2S. The highest BCUT2D eigenvalue weighted by atomic mass is 32.1. The van der Waals surface area contributed by atoms with Gasteiger partial charge in [0.05, 0.1) is 5.69 Å². The van der Waals surface area contributed by atoms with Crippen molar-refractivity contribution in [3.63, 3.8) is 0 Å². The molecule has 1 aliphatic heterocycles. The van der Waals surface area contributed by atoms with Crippen molar-refractivity contribution in [2.24, 2.45) is 11.8 Å². The fourth-order valence-electron chi connectivity index (χ4n) is 2.92. The van der Waals surface area contributed by atoms with Gasteiger partial charge in [-0.25, -0.2) is 0 Å². The van der Waals surface area contributed by atoms with Crippen LogP contribution in [0.5, 0.6) is 0 Å². The van der Waals surface area contributed by atoms with Crippen molar-refractivity contribution in [3.8, 4) is 0 Å². The molecule has 1 aliphatic rings. The Bertz CT molecular complexity index is 560. The molecule has 3 N–H and O–H groups in total. The highest BCUT2D eigenvalue weighted by Crippen LogP contribution is 2.27. The molecule has 1 saturated heterocycles. The molecule has 0 aliphatic carbocycles. The van der Waals surface area contributed by atoms with Gasteiger partial charge in [-0.05, 0) is 43.6 Å². The summed E-state index contributed by atoms with van der Waals surface area (Å²) in [7, 11) is 0. The molecule has 2 rings (SSSR count). The number of likely N-dealkylation sites (tertiary alicyclic amines) is 1. The Hall–Kier alpha value is -1.63. The van der Waals surface area contributed by atoms with Crippen LogP contribution in [0.2, 0.25) is 0 Å². The first-order chi connectivity index (χ1) is 10.3. The number of amides is 2. The van der Waals surface area contributed by atoms with Gasteiger partial charge in [-0.2, -0.15) is 4.37 Å². The predicted octanol–water partition coefficient (Wildman–Crippen LogP) is 1.98. The van der Waals surface area contributed by atoms with Crippen molar-refractivity contribution in [2.75, 3.05) is 18.8 Å². The molecule has 22 heavy (non-hydrogen) atoms. The van der Waals surface area contributed by atoms with Crippen LogP contribution in [0.25, 0.3) is 0 Å². The van der Waals surface area contributed by atoms with E-state index in [0.717, 1.165) is 31.0 Å². The Morgan fingerprint density at radius 1 is 1.32 bits per heavy atom. The molecule has 0 saturated carbocycles. The highest BCUT2D eigenvalue weighted by molar-refractivity contribution is 7.09. The molecule has 0 radical (unpaired) electrons. The van der Waals surface area contributed by atoms with Crippen LogP contribution in [0.3, 0.4) is 0 Å². The number of anilines is 1. The Labute approximate surface area is 135 Å². The van der Waals surface area contributed by atoms with Gasteiger partial charge in [0.1, 0.15) is 4.88 Å². The average molecular weight is 324 g/mol. The lowest BCUT2D eigenvalue weighted by Crippen LogP contribution is -2.42. The van der Waals surface area contributed by atoms with E-state index >= 15 is 0 Å². The number of carbonyl (C=O) groups is 2. The molecule has 0 aromatic carbocycles. The van der Waals surface area contributed by atoms with E-state index in [4.69, 9.17) is 5.73 Å². The zero-order valence-electron chi connectivity index (χ0n) is 13.5. The largest absolute Gasteiger partial charge is 0.395 e. The van der Waals surface area contributed by atoms with Crippen molar-refractivity contribution in [3.05, 3.63) is 10.6 Å². The van der Waals surface area contributed by atoms with E-state index in [-0.39, 0.29) is 29.2 Å². The lowest BCUT2D eigenvalue weighted by molar-refractivity contribution is 0.0629. The molecular weight excluding hydrogens is 300 g/mol. The number of aromatic nitrogens is 1. The van der Waals surface area contributed by atoms with Crippen LogP contribution in [0.4, 0.5) is 5.69 Å². The average Bonchev–Trinajstić information content (AvgIpc) is 2.77. The molecule has 2 heterocycles. The van der Waals surface area contributed by atoms with Crippen LogP contribution in [-0.4, -0.2) is 40.2 Å². The smallest absolute Gasteiger partial charge is 0.273 e. The minimum absolute atomic E-state index is 0.00320. The Balaban J connectivity index is 2.17. The number of rotatable bonds is 3. The first kappa shape index (κ1) is 16.7. The van der Waals surface area contributed by atoms with Gasteiger partial charge in [-0.3, -0.25) is 9.59 Å². The summed E-state index contributed by atoms with van der Waals surface area (Å²) < 4.78 is 4.08. The highest BCUT2D eigenvalue weighted by Gasteiger charge is 2.30. The van der Waals surface area contributed by atoms with Crippen LogP contribution in [0.1, 0.15) is 54.3 Å². The maximum absolute atomic E-state index is 12.7. The predicted molar refractivity (Wildman–Crippen MR) is 88.0 cm³/mol. The third-order valence-corrected chi connectivity index (χ3v) is 4.56. The van der Waals surface area contributed by atoms with Gasteiger partial charge in [0.25, 0.3) is 11.8 Å². The summed E-state index contributed by atoms with van der Waals surface area (Å²) in [5.74, 6) is 0.510. The monoisotopic (exact) mass is 324 g/mol. The molecule has 6 nitrogen and oxygen atoms in total. The maximum atomic E-state index is 12.7. The van der Waals surface area contributed by atoms with E-state index in [1.54, 1.807) is 0 Å². The number of nitrogens with zero attached hydrogens (tertiary/aromatic N) is 2. The molecule has 2 unspecified atom stereocenters. The van der Waals surface area contributed by atoms with Gasteiger partial charge in [-0.15, -0.1) is 0 Å². The molecule has 2 atom stereocenters. The third kappa shape index (κ3) is 3.58. The first-order valence-corrected chi connectivity index (χ1v) is 8.42. The van der Waals surface area contributed by atoms with E-state index in [1.165, 1.54) is 0 Å². The van der Waals surface area contributed by atoms with Crippen LogP contribution >= 0.6 is 11.5 Å². The second kappa shape index (κ2) is 6.64. The summed E-state index contributed by atoms with van der Waals surface area (Å²) in [4.78, 5) is 26.9. The number of nitrogen functional groups attached to an aromatic ring is 1. The van der Waals surface area contributed by atoms with Gasteiger partial charge < -0.3 is 16.0 Å². The van der Waals surface area contributed by atoms with Crippen molar-refractivity contribution in [1.29, 1.82) is 0 Å². The van der Waals surface area contributed by atoms with Crippen LogP contribution in [-0.2, 0) is 0 Å². The summed E-state index contributed by atoms with van der Waals surface area (Å²) in [6, 6.07) is -0.00320. The van der Waals surface area contributed by atoms with Crippen molar-refractivity contribution in [2.45, 2.75) is 40.2 Å². The molecule has 0 spiro atoms. The van der Waals surface area contributed by atoms with E-state index < -0.39 is 0 Å². The van der Waals surface area contributed by atoms with Gasteiger partial charge in [0.2, 0.25) is 0 Å². The van der Waals surface area contributed by atoms with Gasteiger partial charge in [-0.1, -0.05) is 13.8 Å². The quantitative estimate of drug-likeness (QED) is 0.890. The fraction of sp³-hybridized carbons (Fsp3) is 0.667. The number of nitrogens with one attached hydrogen (secondary N) is 1. The lowest BCUT2D eigenvalue weighted by atomic mass is 9.92. The van der Waals surface area contributed by atoms with Crippen molar-refractivity contribution >= 4 is 29.0 Å². The summed E-state index contributed by atoms with van der Waals surface area (Å²) in [6.07, 6.45) is 1.13. The van der Waals surface area contributed by atoms with Crippen LogP contribution in [0.15, 0.2) is 0 Å². The zero-order chi connectivity index (χ0) is 16.4. The number of nitrogens with two attached hydrogens (primary N) is 1. The topological polar surface area (TPSA) is 88.3 Å². The Kier molecular flexibility index (Phi) is 5.05. The van der Waals surface area contributed by atoms with Crippen molar-refractivity contribution < 1.29 is 9.59 Å². The summed E-state index contributed by atoms with van der Waals surface area (Å²) >= 11 is 1.01. The molecule has 7 heteroatoms. The van der Waals surface area contributed by atoms with E-state index in [9.17, 15) is 9.59 Å². The molecule has 1 aromatic heterocycles. The number of piperidine rings is 1. The Morgan fingerprint density at radius 3 is 2.45 bits per heavy atom. The molecule has 2 amide bonds.